The smallest absolute Gasteiger partial charge is 0.0105 e. The van der Waals surface area contributed by atoms with Gasteiger partial charge in [-0.2, -0.15) is 0 Å². The zero-order valence-electron chi connectivity index (χ0n) is 81.0. The van der Waals surface area contributed by atoms with Crippen molar-refractivity contribution in [3.05, 3.63) is 568 Å². The van der Waals surface area contributed by atoms with Crippen LogP contribution in [0.2, 0.25) is 0 Å². The van der Waals surface area contributed by atoms with E-state index < -0.39 is 0 Å². The summed E-state index contributed by atoms with van der Waals surface area (Å²) in [6.07, 6.45) is 0. The van der Waals surface area contributed by atoms with Gasteiger partial charge in [0.2, 0.25) is 0 Å². The van der Waals surface area contributed by atoms with Crippen LogP contribution in [0.5, 0.6) is 0 Å². The molecule has 22 aromatic rings. The van der Waals surface area contributed by atoms with Gasteiger partial charge in [0.15, 0.2) is 0 Å². The molecule has 0 aliphatic rings. The molecule has 0 atom stereocenters. The average molecular weight is 1760 g/mol. The number of hydrogen-bond donors (Lipinski definition) is 0. The molecule has 0 unspecified atom stereocenters. The van der Waals surface area contributed by atoms with Gasteiger partial charge in [0.25, 0.3) is 0 Å². The summed E-state index contributed by atoms with van der Waals surface area (Å²) < 4.78 is 0. The summed E-state index contributed by atoms with van der Waals surface area (Å²) in [5.74, 6) is 0. The summed E-state index contributed by atoms with van der Waals surface area (Å²) in [5, 5.41) is 15.8. The highest BCUT2D eigenvalue weighted by Crippen LogP contribution is 2.33. The molecule has 22 aromatic carbocycles. The lowest BCUT2D eigenvalue weighted by atomic mass is 9.97. The van der Waals surface area contributed by atoms with E-state index in [4.69, 9.17) is 0 Å². The van der Waals surface area contributed by atoms with E-state index in [2.05, 4.69) is 525 Å². The molecule has 0 radical (unpaired) electrons. The summed E-state index contributed by atoms with van der Waals surface area (Å²) in [6, 6.07) is 191. The second-order valence-corrected chi connectivity index (χ2v) is 30.5. The molecule has 0 heteroatoms. The quantitative estimate of drug-likeness (QED) is 0.140. The molecule has 0 N–H and O–H groups in total. The standard InChI is InChI=1S/C19H16.C18H14.2C16H12.C14H10.C12H10.2C11H10.C7H8.5C2H6.CH4/c1-15-12-18(16-8-4-2-5-9-16)14-19(13-15)17-10-6-3-7-11-17;1-3-7-15(8-4-1)17-11-13-18(14-12-17)16-9-5-2-6-10-16;1-2-7-13(8-3-1)16-12-6-10-14-9-4-5-11-15(14)16;1-2-6-13(7-3-1)16-11-10-14-8-4-5-9-15(14)12-16;1-3-7-13-11(5-1)9-10-12-6-2-4-8-14(12)13;1-3-7-11(8-4-1)12-9-5-2-6-10-12;1-9-5-4-7-10-6-2-3-8-11(9)10;1-9-6-7-10-4-2-3-5-11(10)8-9;1-7-5-3-2-4-6-7;5*1-2;/h2-14H,1H3;1-14H;2*1-12H;1-10H;1-10H;2*2-8H,1H3;2-6H,1H3;5*1-2H3;1H4. The van der Waals surface area contributed by atoms with Gasteiger partial charge in [0, 0.05) is 0 Å². The maximum Gasteiger partial charge on any atom is -0.0105 e. The van der Waals surface area contributed by atoms with Crippen LogP contribution in [0.25, 0.3) is 143 Å². The zero-order chi connectivity index (χ0) is 95.0. The first-order valence-corrected chi connectivity index (χ1v) is 47.6. The maximum atomic E-state index is 2.26. The van der Waals surface area contributed by atoms with E-state index in [1.165, 1.54) is 165 Å². The Bertz CT molecular complexity index is 6710. The molecule has 135 heavy (non-hydrogen) atoms. The summed E-state index contributed by atoms with van der Waals surface area (Å²) >= 11 is 0. The monoisotopic (exact) mass is 1760 g/mol. The van der Waals surface area contributed by atoms with Crippen molar-refractivity contribution in [3.63, 3.8) is 0 Å². The van der Waals surface area contributed by atoms with E-state index in [1.807, 2.05) is 118 Å². The third-order valence-electron chi connectivity index (χ3n) is 21.5. The Kier molecular flexibility index (Phi) is 46.9. The van der Waals surface area contributed by atoms with Crippen LogP contribution in [-0.4, -0.2) is 0 Å². The van der Waals surface area contributed by atoms with Gasteiger partial charge in [0.1, 0.15) is 0 Å². The second kappa shape index (κ2) is 60.4. The molecule has 0 heterocycles. The van der Waals surface area contributed by atoms with E-state index in [-0.39, 0.29) is 7.43 Å². The zero-order valence-corrected chi connectivity index (χ0v) is 81.0. The largest absolute Gasteiger partial charge is 0.0776 e. The van der Waals surface area contributed by atoms with Gasteiger partial charge in [-0.1, -0.05) is 622 Å². The molecule has 0 bridgehead atoms. The molecular weight excluding hydrogens is 1620 g/mol. The second-order valence-electron chi connectivity index (χ2n) is 30.5. The highest BCUT2D eigenvalue weighted by atomic mass is 14.1. The lowest BCUT2D eigenvalue weighted by Gasteiger charge is -2.08. The number of rotatable bonds is 7. The van der Waals surface area contributed by atoms with Crippen molar-refractivity contribution in [2.75, 3.05) is 0 Å². The topological polar surface area (TPSA) is 0 Å². The number of aryl methyl sites for hydroxylation is 4. The van der Waals surface area contributed by atoms with Crippen LogP contribution in [0.15, 0.2) is 546 Å². The molecule has 0 amide bonds. The van der Waals surface area contributed by atoms with Crippen LogP contribution in [0.4, 0.5) is 0 Å². The van der Waals surface area contributed by atoms with Crippen molar-refractivity contribution >= 4 is 64.6 Å². The van der Waals surface area contributed by atoms with Crippen LogP contribution < -0.4 is 0 Å². The molecule has 676 valence electrons. The van der Waals surface area contributed by atoms with Crippen LogP contribution >= 0.6 is 0 Å². The van der Waals surface area contributed by atoms with Gasteiger partial charge >= 0.3 is 0 Å². The van der Waals surface area contributed by atoms with Gasteiger partial charge in [-0.25, -0.2) is 0 Å². The molecule has 0 fully saturated rings. The molecule has 0 spiro atoms. The predicted molar refractivity (Wildman–Crippen MR) is 603 cm³/mol. The van der Waals surface area contributed by atoms with E-state index in [1.54, 1.807) is 0 Å². The van der Waals surface area contributed by atoms with E-state index in [9.17, 15) is 0 Å². The number of hydrogen-bond acceptors (Lipinski definition) is 0. The van der Waals surface area contributed by atoms with Gasteiger partial charge < -0.3 is 0 Å². The fourth-order valence-electron chi connectivity index (χ4n) is 15.0. The first kappa shape index (κ1) is 105. The lowest BCUT2D eigenvalue weighted by Crippen LogP contribution is -1.84. The van der Waals surface area contributed by atoms with Crippen molar-refractivity contribution in [2.24, 2.45) is 0 Å². The maximum absolute atomic E-state index is 2.26. The molecule has 0 saturated heterocycles. The minimum atomic E-state index is 0. The van der Waals surface area contributed by atoms with Gasteiger partial charge in [-0.05, 0) is 193 Å². The molecule has 0 aromatic heterocycles. The Labute approximate surface area is 809 Å². The lowest BCUT2D eigenvalue weighted by molar-refractivity contribution is 1.46. The van der Waals surface area contributed by atoms with Gasteiger partial charge in [-0.3, -0.25) is 0 Å². The van der Waals surface area contributed by atoms with Crippen LogP contribution in [-0.2, 0) is 0 Å². The fraction of sp³-hybridized carbons (Fsp3) is 0.111. The van der Waals surface area contributed by atoms with Crippen LogP contribution in [0.3, 0.4) is 0 Å². The third-order valence-corrected chi connectivity index (χ3v) is 21.5. The van der Waals surface area contributed by atoms with Crippen LogP contribution in [0, 0.1) is 27.7 Å². The van der Waals surface area contributed by atoms with Gasteiger partial charge in [0.05, 0.1) is 0 Å². The normalized spacial score (nSPS) is 9.64. The van der Waals surface area contributed by atoms with E-state index in [0.29, 0.717) is 0 Å². The van der Waals surface area contributed by atoms with E-state index >= 15 is 0 Å². The summed E-state index contributed by atoms with van der Waals surface area (Å²) in [6.45, 7) is 28.5. The van der Waals surface area contributed by atoms with Crippen molar-refractivity contribution in [1.82, 2.24) is 0 Å². The summed E-state index contributed by atoms with van der Waals surface area (Å²) in [7, 11) is 0. The third kappa shape index (κ3) is 33.3. The molecular formula is C135H136. The Balaban J connectivity index is 0.000000186. The minimum Gasteiger partial charge on any atom is -0.0776 e. The highest BCUT2D eigenvalue weighted by molar-refractivity contribution is 6.07. The highest BCUT2D eigenvalue weighted by Gasteiger charge is 2.07. The summed E-state index contributed by atoms with van der Waals surface area (Å²) in [5.41, 5.74) is 23.1. The minimum absolute atomic E-state index is 0. The molecule has 0 aliphatic carbocycles. The molecule has 0 aliphatic heterocycles. The van der Waals surface area contributed by atoms with Crippen molar-refractivity contribution in [1.29, 1.82) is 0 Å². The Morgan fingerprint density at radius 1 is 0.111 bits per heavy atom. The SMILES string of the molecule is C.CC.CC.CC.CC.CC.Cc1cc(-c2ccccc2)cc(-c2ccccc2)c1.Cc1ccc2ccccc2c1.Cc1cccc2ccccc12.Cc1ccccc1.c1ccc(-c2ccc(-c3ccccc3)cc2)cc1.c1ccc(-c2ccc3ccccc3c2)cc1.c1ccc(-c2cccc3ccccc23)cc1.c1ccc(-c2ccccc2)cc1.c1ccc2c(c1)ccc1ccccc12. The Hall–Kier alpha value is -15.6. The molecule has 0 saturated carbocycles. The predicted octanol–water partition coefficient (Wildman–Crippen LogP) is 40.8. The van der Waals surface area contributed by atoms with Crippen molar-refractivity contribution in [3.8, 4) is 77.9 Å². The Morgan fingerprint density at radius 2 is 0.341 bits per heavy atom. The number of benzene rings is 22. The Morgan fingerprint density at radius 3 is 0.689 bits per heavy atom. The molecule has 22 rings (SSSR count). The average Bonchev–Trinajstić information content (AvgIpc) is 0.798. The first-order valence-electron chi connectivity index (χ1n) is 47.6. The molecule has 0 nitrogen and oxygen atoms in total. The van der Waals surface area contributed by atoms with Crippen molar-refractivity contribution < 1.29 is 0 Å². The summed E-state index contributed by atoms with van der Waals surface area (Å²) in [4.78, 5) is 0. The van der Waals surface area contributed by atoms with Crippen LogP contribution in [0.1, 0.15) is 98.9 Å². The fourth-order valence-corrected chi connectivity index (χ4v) is 15.0. The first-order chi connectivity index (χ1) is 66.2. The van der Waals surface area contributed by atoms with Gasteiger partial charge in [-0.15, -0.1) is 0 Å². The van der Waals surface area contributed by atoms with E-state index in [0.717, 1.165) is 0 Å². The van der Waals surface area contributed by atoms with Crippen molar-refractivity contribution in [2.45, 2.75) is 104 Å². The number of fused-ring (bicyclic) bond motifs is 7.